The average molecular weight is 836 g/mol. The van der Waals surface area contributed by atoms with Gasteiger partial charge in [0.25, 0.3) is 0 Å². The van der Waals surface area contributed by atoms with Crippen molar-refractivity contribution >= 4 is 33.4 Å². The highest BCUT2D eigenvalue weighted by atomic mass is 79.9. The zero-order valence-electron chi connectivity index (χ0n) is 31.0. The zero-order chi connectivity index (χ0) is 40.6. The van der Waals surface area contributed by atoms with Crippen LogP contribution in [0.3, 0.4) is 0 Å². The number of hydrogen-bond acceptors (Lipinski definition) is 11. The second-order valence-electron chi connectivity index (χ2n) is 12.0. The van der Waals surface area contributed by atoms with Crippen LogP contribution in [0.4, 0.5) is 30.6 Å². The number of aromatic nitrogens is 3. The van der Waals surface area contributed by atoms with E-state index >= 15 is 0 Å². The Morgan fingerprint density at radius 3 is 1.71 bits per heavy atom. The predicted octanol–water partition coefficient (Wildman–Crippen LogP) is 9.91. The molecule has 0 fully saturated rings. The number of anilines is 3. The zero-order valence-corrected chi connectivity index (χ0v) is 32.6. The van der Waals surface area contributed by atoms with Gasteiger partial charge in [-0.1, -0.05) is 25.1 Å². The van der Waals surface area contributed by atoms with E-state index in [9.17, 15) is 28.5 Å². The third-order valence-corrected chi connectivity index (χ3v) is 8.44. The second kappa shape index (κ2) is 21.0. The number of phenolic OH excluding ortho intramolecular Hbond substituents is 3. The van der Waals surface area contributed by atoms with Crippen LogP contribution in [0, 0.1) is 17.5 Å². The molecule has 15 heteroatoms. The maximum absolute atomic E-state index is 13.3. The Labute approximate surface area is 331 Å². The van der Waals surface area contributed by atoms with Crippen molar-refractivity contribution in [2.24, 2.45) is 0 Å². The first-order chi connectivity index (χ1) is 26.9. The van der Waals surface area contributed by atoms with Crippen molar-refractivity contribution in [2.75, 3.05) is 30.2 Å². The van der Waals surface area contributed by atoms with Crippen LogP contribution in [-0.2, 0) is 6.54 Å². The quantitative estimate of drug-likeness (QED) is 0.0653. The first kappa shape index (κ1) is 42.5. The summed E-state index contributed by atoms with van der Waals surface area (Å²) in [5.41, 5.74) is 1.48. The molecule has 6 N–H and O–H groups in total. The number of nitrogens with one attached hydrogen (secondary N) is 3. The molecule has 0 aliphatic carbocycles. The molecule has 2 atom stereocenters. The molecule has 11 nitrogen and oxygen atoms in total. The van der Waals surface area contributed by atoms with Crippen LogP contribution in [0.15, 0.2) is 114 Å². The van der Waals surface area contributed by atoms with Gasteiger partial charge < -0.3 is 40.7 Å². The molecule has 2 unspecified atom stereocenters. The van der Waals surface area contributed by atoms with Gasteiger partial charge in [-0.2, -0.15) is 9.97 Å². The molecule has 6 rings (SSSR count). The molecule has 3 heterocycles. The largest absolute Gasteiger partial charge is 0.508 e. The van der Waals surface area contributed by atoms with E-state index in [4.69, 9.17) is 9.47 Å². The second-order valence-corrected chi connectivity index (χ2v) is 12.8. The molecule has 0 spiro atoms. The van der Waals surface area contributed by atoms with Gasteiger partial charge in [0.05, 0.1) is 26.3 Å². The lowest BCUT2D eigenvalue weighted by Gasteiger charge is -2.19. The van der Waals surface area contributed by atoms with Gasteiger partial charge in [0, 0.05) is 35.4 Å². The van der Waals surface area contributed by atoms with Crippen molar-refractivity contribution in [2.45, 2.75) is 38.9 Å². The van der Waals surface area contributed by atoms with Gasteiger partial charge >= 0.3 is 0 Å². The highest BCUT2D eigenvalue weighted by molar-refractivity contribution is 9.10. The minimum Gasteiger partial charge on any atom is -0.508 e. The lowest BCUT2D eigenvalue weighted by molar-refractivity contribution is 0.398. The lowest BCUT2D eigenvalue weighted by atomic mass is 10.0. The van der Waals surface area contributed by atoms with Gasteiger partial charge in [-0.05, 0) is 108 Å². The number of phenols is 3. The highest BCUT2D eigenvalue weighted by Gasteiger charge is 2.15. The van der Waals surface area contributed by atoms with E-state index < -0.39 is 0 Å². The Balaban J connectivity index is 0.000000187. The van der Waals surface area contributed by atoms with Gasteiger partial charge in [-0.15, -0.1) is 0 Å². The third-order valence-electron chi connectivity index (χ3n) is 8.00. The van der Waals surface area contributed by atoms with Crippen molar-refractivity contribution in [1.29, 1.82) is 0 Å². The molecule has 0 aliphatic heterocycles. The Bertz CT molecular complexity index is 2180. The number of halogens is 4. The number of ether oxygens (including phenoxy) is 2. The minimum absolute atomic E-state index is 0.0456. The van der Waals surface area contributed by atoms with Gasteiger partial charge in [-0.3, -0.25) is 0 Å². The van der Waals surface area contributed by atoms with Gasteiger partial charge in [0.1, 0.15) is 56.8 Å². The van der Waals surface area contributed by atoms with E-state index in [2.05, 4.69) is 46.8 Å². The molecular weight excluding hydrogens is 793 g/mol. The fraction of sp³-hybridized carbons (Fsp3) is 0.195. The standard InChI is InChI=1S/C14H14BrFN2O.C14H15FN2O2.C13H13FN2O2/c1-2-11(10-8-9(16)6-7-12(10)19)17-14-5-3-4-13(15)18-14;1-9(11-8-10(15)6-7-12(11)18)16-13-4-3-5-14(17-13)19-2;1-18-13-4-2-3-12(16-13)15-8-9-7-10(14)5-6-11(9)17/h3-8,11,19H,2H2,1H3,(H,17,18);3-9,18H,1-2H3,(H,16,17);2-7,17H,8H2,1H3,(H,15,16). The molecule has 3 aromatic carbocycles. The summed E-state index contributed by atoms with van der Waals surface area (Å²) in [4.78, 5) is 12.6. The summed E-state index contributed by atoms with van der Waals surface area (Å²) in [7, 11) is 3.07. The van der Waals surface area contributed by atoms with Crippen molar-refractivity contribution in [1.82, 2.24) is 15.0 Å². The summed E-state index contributed by atoms with van der Waals surface area (Å²) < 4.78 is 50.2. The molecule has 0 radical (unpaired) electrons. The van der Waals surface area contributed by atoms with Crippen LogP contribution in [0.2, 0.25) is 0 Å². The molecule has 0 bridgehead atoms. The molecule has 6 aromatic rings. The Morgan fingerprint density at radius 1 is 0.625 bits per heavy atom. The lowest BCUT2D eigenvalue weighted by Crippen LogP contribution is -2.11. The Kier molecular flexibility index (Phi) is 16.0. The molecule has 3 aromatic heterocycles. The smallest absolute Gasteiger partial charge is 0.214 e. The summed E-state index contributed by atoms with van der Waals surface area (Å²) >= 11 is 3.30. The number of methoxy groups -OCH3 is 2. The maximum atomic E-state index is 13.3. The number of rotatable bonds is 12. The van der Waals surface area contributed by atoms with Gasteiger partial charge in [0.15, 0.2) is 0 Å². The minimum atomic E-state index is -0.389. The molecule has 294 valence electrons. The Hall–Kier alpha value is -6.22. The van der Waals surface area contributed by atoms with Crippen LogP contribution >= 0.6 is 15.9 Å². The van der Waals surface area contributed by atoms with Crippen molar-refractivity contribution in [3.63, 3.8) is 0 Å². The van der Waals surface area contributed by atoms with E-state index in [-0.39, 0.29) is 53.3 Å². The van der Waals surface area contributed by atoms with Crippen LogP contribution in [0.25, 0.3) is 0 Å². The van der Waals surface area contributed by atoms with E-state index in [1.165, 1.54) is 68.8 Å². The summed E-state index contributed by atoms with van der Waals surface area (Å²) in [5.74, 6) is 1.87. The van der Waals surface area contributed by atoms with E-state index in [0.29, 0.717) is 52.3 Å². The first-order valence-electron chi connectivity index (χ1n) is 17.2. The first-order valence-corrected chi connectivity index (χ1v) is 18.0. The van der Waals surface area contributed by atoms with Crippen LogP contribution < -0.4 is 25.4 Å². The van der Waals surface area contributed by atoms with Crippen molar-refractivity contribution in [3.05, 3.63) is 148 Å². The normalized spacial score (nSPS) is 11.4. The van der Waals surface area contributed by atoms with Gasteiger partial charge in [0.2, 0.25) is 11.8 Å². The van der Waals surface area contributed by atoms with Crippen LogP contribution in [0.1, 0.15) is 49.0 Å². The number of nitrogens with zero attached hydrogens (tertiary/aromatic N) is 3. The fourth-order valence-corrected chi connectivity index (χ4v) is 5.50. The molecule has 56 heavy (non-hydrogen) atoms. The molecule has 0 saturated carbocycles. The SMILES string of the molecule is CCC(Nc1cccc(Br)n1)c1cc(F)ccc1O.COc1cccc(NC(C)c2cc(F)ccc2O)n1.COc1cccc(NCc2cc(F)ccc2O)n1. The van der Waals surface area contributed by atoms with E-state index in [0.717, 1.165) is 4.60 Å². The predicted molar refractivity (Wildman–Crippen MR) is 214 cm³/mol. The van der Waals surface area contributed by atoms with Gasteiger partial charge in [-0.25, -0.2) is 18.2 Å². The summed E-state index contributed by atoms with van der Waals surface area (Å²) in [5, 5.41) is 38.4. The van der Waals surface area contributed by atoms with Crippen molar-refractivity contribution in [3.8, 4) is 29.0 Å². The summed E-state index contributed by atoms with van der Waals surface area (Å²) in [6.45, 7) is 4.05. The number of aromatic hydroxyl groups is 3. The Morgan fingerprint density at radius 2 is 1.12 bits per heavy atom. The molecule has 0 saturated heterocycles. The number of hydrogen-bond donors (Lipinski definition) is 6. The van der Waals surface area contributed by atoms with Crippen LogP contribution in [0.5, 0.6) is 29.0 Å². The van der Waals surface area contributed by atoms with E-state index in [1.807, 2.05) is 32.0 Å². The highest BCUT2D eigenvalue weighted by Crippen LogP contribution is 2.30. The summed E-state index contributed by atoms with van der Waals surface area (Å²) in [6.07, 6.45) is 0.700. The van der Waals surface area contributed by atoms with Crippen molar-refractivity contribution < 1.29 is 38.0 Å². The average Bonchev–Trinajstić information content (AvgIpc) is 3.20. The summed E-state index contributed by atoms with van der Waals surface area (Å²) in [6, 6.07) is 27.2. The maximum Gasteiger partial charge on any atom is 0.214 e. The number of pyridine rings is 3. The molecule has 0 amide bonds. The monoisotopic (exact) mass is 834 g/mol. The molecule has 0 aliphatic rings. The number of benzene rings is 3. The van der Waals surface area contributed by atoms with Crippen LogP contribution in [-0.4, -0.2) is 44.5 Å². The topological polar surface area (TPSA) is 154 Å². The van der Waals surface area contributed by atoms with E-state index in [1.54, 1.807) is 36.4 Å². The fourth-order valence-electron chi connectivity index (χ4n) is 5.16. The third kappa shape index (κ3) is 13.0. The molecular formula is C41H42BrF3N6O5.